The van der Waals surface area contributed by atoms with Gasteiger partial charge in [0.2, 0.25) is 0 Å². The van der Waals surface area contributed by atoms with Crippen LogP contribution in [0, 0.1) is 6.92 Å². The number of amides is 1. The van der Waals surface area contributed by atoms with Crippen molar-refractivity contribution in [2.45, 2.75) is 6.92 Å². The van der Waals surface area contributed by atoms with Crippen molar-refractivity contribution in [3.63, 3.8) is 0 Å². The Morgan fingerprint density at radius 3 is 2.62 bits per heavy atom. The van der Waals surface area contributed by atoms with Gasteiger partial charge in [-0.05, 0) is 19.1 Å². The topological polar surface area (TPSA) is 69.4 Å². The molecule has 0 aromatic heterocycles. The number of aryl methyl sites for hydroxylation is 1. The van der Waals surface area contributed by atoms with Crippen LogP contribution in [0.25, 0.3) is 0 Å². The minimum atomic E-state index is -1.09. The van der Waals surface area contributed by atoms with Crippen molar-refractivity contribution < 1.29 is 14.3 Å². The van der Waals surface area contributed by atoms with Crippen molar-refractivity contribution in [2.75, 3.05) is 0 Å². The Labute approximate surface area is 75.3 Å². The van der Waals surface area contributed by atoms with Gasteiger partial charge >= 0.3 is 12.1 Å². The smallest absolute Gasteiger partial charge is 0.373 e. The van der Waals surface area contributed by atoms with Crippen molar-refractivity contribution >= 4 is 12.1 Å². The summed E-state index contributed by atoms with van der Waals surface area (Å²) >= 11 is 0. The van der Waals surface area contributed by atoms with Gasteiger partial charge in [0, 0.05) is 0 Å². The SMILES string of the molecule is Cc1cccc(C(=O)OC(N)=O)c1. The van der Waals surface area contributed by atoms with E-state index in [2.05, 4.69) is 10.5 Å². The monoisotopic (exact) mass is 179 g/mol. The molecule has 0 bridgehead atoms. The largest absolute Gasteiger partial charge is 0.412 e. The first-order valence-corrected chi connectivity index (χ1v) is 3.68. The summed E-state index contributed by atoms with van der Waals surface area (Å²) in [6, 6.07) is 6.71. The van der Waals surface area contributed by atoms with Gasteiger partial charge in [-0.3, -0.25) is 0 Å². The predicted molar refractivity (Wildman–Crippen MR) is 46.2 cm³/mol. The molecule has 1 rings (SSSR count). The van der Waals surface area contributed by atoms with Crippen molar-refractivity contribution in [1.29, 1.82) is 0 Å². The van der Waals surface area contributed by atoms with E-state index in [-0.39, 0.29) is 0 Å². The summed E-state index contributed by atoms with van der Waals surface area (Å²) in [6.07, 6.45) is -1.09. The molecule has 0 aliphatic carbocycles. The van der Waals surface area contributed by atoms with Crippen LogP contribution in [0.2, 0.25) is 0 Å². The molecule has 0 spiro atoms. The van der Waals surface area contributed by atoms with Crippen molar-refractivity contribution in [2.24, 2.45) is 5.73 Å². The summed E-state index contributed by atoms with van der Waals surface area (Å²) in [5.41, 5.74) is 5.92. The summed E-state index contributed by atoms with van der Waals surface area (Å²) in [7, 11) is 0. The second kappa shape index (κ2) is 3.71. The molecule has 0 saturated heterocycles. The number of carbonyl (C=O) groups excluding carboxylic acids is 2. The molecule has 4 nitrogen and oxygen atoms in total. The quantitative estimate of drug-likeness (QED) is 0.520. The van der Waals surface area contributed by atoms with E-state index in [0.29, 0.717) is 5.56 Å². The molecule has 68 valence electrons. The zero-order valence-corrected chi connectivity index (χ0v) is 7.11. The predicted octanol–water partition coefficient (Wildman–Crippen LogP) is 1.23. The van der Waals surface area contributed by atoms with E-state index in [1.807, 2.05) is 13.0 Å². The van der Waals surface area contributed by atoms with Crippen LogP contribution in [0.3, 0.4) is 0 Å². The Bertz CT molecular complexity index is 346. The molecule has 1 amide bonds. The number of hydrogen-bond acceptors (Lipinski definition) is 3. The molecule has 1 aromatic carbocycles. The number of esters is 1. The van der Waals surface area contributed by atoms with Crippen molar-refractivity contribution in [3.05, 3.63) is 35.4 Å². The van der Waals surface area contributed by atoms with Crippen LogP contribution in [-0.4, -0.2) is 12.1 Å². The lowest BCUT2D eigenvalue weighted by Crippen LogP contribution is -2.18. The minimum Gasteiger partial charge on any atom is -0.373 e. The number of nitrogens with two attached hydrogens (primary N) is 1. The van der Waals surface area contributed by atoms with Gasteiger partial charge in [-0.15, -0.1) is 0 Å². The molecule has 0 saturated carbocycles. The van der Waals surface area contributed by atoms with Crippen LogP contribution >= 0.6 is 0 Å². The van der Waals surface area contributed by atoms with Gasteiger partial charge in [0.15, 0.2) is 0 Å². The second-order valence-corrected chi connectivity index (χ2v) is 2.58. The molecule has 0 unspecified atom stereocenters. The molecule has 2 N–H and O–H groups in total. The molecular weight excluding hydrogens is 170 g/mol. The van der Waals surface area contributed by atoms with E-state index in [4.69, 9.17) is 0 Å². The average molecular weight is 179 g/mol. The normalized spacial score (nSPS) is 9.31. The maximum absolute atomic E-state index is 11.1. The Morgan fingerprint density at radius 2 is 2.08 bits per heavy atom. The third-order valence-electron chi connectivity index (χ3n) is 1.45. The first-order chi connectivity index (χ1) is 6.09. The second-order valence-electron chi connectivity index (χ2n) is 2.58. The number of benzene rings is 1. The number of primary amides is 1. The van der Waals surface area contributed by atoms with Crippen molar-refractivity contribution in [1.82, 2.24) is 0 Å². The minimum absolute atomic E-state index is 0.318. The van der Waals surface area contributed by atoms with Gasteiger partial charge < -0.3 is 10.5 Å². The highest BCUT2D eigenvalue weighted by atomic mass is 16.6. The van der Waals surface area contributed by atoms with Crippen LogP contribution in [0.5, 0.6) is 0 Å². The highest BCUT2D eigenvalue weighted by molar-refractivity contribution is 5.96. The summed E-state index contributed by atoms with van der Waals surface area (Å²) in [4.78, 5) is 21.3. The highest BCUT2D eigenvalue weighted by Crippen LogP contribution is 2.05. The number of ether oxygens (including phenoxy) is 1. The Kier molecular flexibility index (Phi) is 2.64. The van der Waals surface area contributed by atoms with Gasteiger partial charge in [0.1, 0.15) is 0 Å². The lowest BCUT2D eigenvalue weighted by molar-refractivity contribution is 0.0638. The van der Waals surface area contributed by atoms with Crippen LogP contribution in [-0.2, 0) is 4.74 Å². The molecule has 0 aliphatic heterocycles. The van der Waals surface area contributed by atoms with Gasteiger partial charge in [0.25, 0.3) is 0 Å². The van der Waals surface area contributed by atoms with E-state index >= 15 is 0 Å². The third kappa shape index (κ3) is 2.59. The van der Waals surface area contributed by atoms with Crippen LogP contribution < -0.4 is 5.73 Å². The molecule has 0 heterocycles. The molecule has 0 fully saturated rings. The highest BCUT2D eigenvalue weighted by Gasteiger charge is 2.09. The fraction of sp³-hybridized carbons (Fsp3) is 0.111. The molecular formula is C9H9NO3. The molecule has 13 heavy (non-hydrogen) atoms. The van der Waals surface area contributed by atoms with E-state index in [1.54, 1.807) is 18.2 Å². The first kappa shape index (κ1) is 9.25. The Balaban J connectivity index is 2.83. The lowest BCUT2D eigenvalue weighted by atomic mass is 10.1. The van der Waals surface area contributed by atoms with E-state index in [0.717, 1.165) is 5.56 Å². The van der Waals surface area contributed by atoms with Crippen LogP contribution in [0.15, 0.2) is 24.3 Å². The van der Waals surface area contributed by atoms with Gasteiger partial charge in [-0.25, -0.2) is 9.59 Å². The summed E-state index contributed by atoms with van der Waals surface area (Å²) in [6.45, 7) is 1.83. The first-order valence-electron chi connectivity index (χ1n) is 3.68. The van der Waals surface area contributed by atoms with Crippen LogP contribution in [0.1, 0.15) is 15.9 Å². The van der Waals surface area contributed by atoms with Gasteiger partial charge in [0.05, 0.1) is 5.56 Å². The maximum Gasteiger partial charge on any atom is 0.412 e. The van der Waals surface area contributed by atoms with Gasteiger partial charge in [-0.1, -0.05) is 17.7 Å². The molecule has 0 aliphatic rings. The molecule has 4 heteroatoms. The molecule has 0 atom stereocenters. The van der Waals surface area contributed by atoms with Crippen molar-refractivity contribution in [3.8, 4) is 0 Å². The third-order valence-corrected chi connectivity index (χ3v) is 1.45. The lowest BCUT2D eigenvalue weighted by Gasteiger charge is -1.99. The van der Waals surface area contributed by atoms with E-state index in [1.165, 1.54) is 0 Å². The zero-order valence-electron chi connectivity index (χ0n) is 7.11. The summed E-state index contributed by atoms with van der Waals surface area (Å²) in [5.74, 6) is -0.726. The number of carbonyl (C=O) groups is 2. The number of hydrogen-bond donors (Lipinski definition) is 1. The Morgan fingerprint density at radius 1 is 1.38 bits per heavy atom. The fourth-order valence-corrected chi connectivity index (χ4v) is 0.922. The van der Waals surface area contributed by atoms with E-state index in [9.17, 15) is 9.59 Å². The number of rotatable bonds is 1. The Hall–Kier alpha value is -1.84. The standard InChI is InChI=1S/C9H9NO3/c1-6-3-2-4-7(5-6)8(11)13-9(10)12/h2-5H,1H3,(H2,10,12). The van der Waals surface area contributed by atoms with Gasteiger partial charge in [-0.2, -0.15) is 0 Å². The van der Waals surface area contributed by atoms with Crippen LogP contribution in [0.4, 0.5) is 4.79 Å². The van der Waals surface area contributed by atoms with E-state index < -0.39 is 12.1 Å². The maximum atomic E-state index is 11.1. The fourth-order valence-electron chi connectivity index (χ4n) is 0.922. The molecule has 0 radical (unpaired) electrons. The average Bonchev–Trinajstić information content (AvgIpc) is 2.03. The molecule has 1 aromatic rings. The zero-order chi connectivity index (χ0) is 9.84. The summed E-state index contributed by atoms with van der Waals surface area (Å²) in [5, 5.41) is 0. The summed E-state index contributed by atoms with van der Waals surface area (Å²) < 4.78 is 4.19.